The minimum absolute atomic E-state index is 0.0623. The molecule has 0 saturated heterocycles. The van der Waals surface area contributed by atoms with Gasteiger partial charge in [0.05, 0.1) is 0 Å². The van der Waals surface area contributed by atoms with E-state index in [4.69, 9.17) is 14.2 Å². The van der Waals surface area contributed by atoms with Gasteiger partial charge in [0.1, 0.15) is 13.2 Å². The van der Waals surface area contributed by atoms with Crippen molar-refractivity contribution in [3.8, 4) is 0 Å². The third-order valence-corrected chi connectivity index (χ3v) is 14.6. The van der Waals surface area contributed by atoms with Crippen molar-refractivity contribution in [1.29, 1.82) is 0 Å². The predicted molar refractivity (Wildman–Crippen MR) is 293 cm³/mol. The van der Waals surface area contributed by atoms with Crippen LogP contribution in [0.4, 0.5) is 0 Å². The molecule has 0 heterocycles. The molecule has 0 aliphatic carbocycles. The molecule has 0 bridgehead atoms. The first kappa shape index (κ1) is 66.4. The molecule has 0 saturated carbocycles. The van der Waals surface area contributed by atoms with Crippen LogP contribution in [-0.2, 0) is 28.6 Å². The molecule has 6 heteroatoms. The van der Waals surface area contributed by atoms with E-state index in [0.717, 1.165) is 69.6 Å². The fraction of sp³-hybridized carbons (Fsp3) is 0.952. The maximum Gasteiger partial charge on any atom is 0.306 e. The molecule has 0 N–H and O–H groups in total. The van der Waals surface area contributed by atoms with Gasteiger partial charge >= 0.3 is 17.9 Å². The molecule has 0 fully saturated rings. The molecule has 2 atom stereocenters. The van der Waals surface area contributed by atoms with E-state index in [1.54, 1.807) is 0 Å². The van der Waals surface area contributed by atoms with Gasteiger partial charge in [0.15, 0.2) is 6.10 Å². The molecule has 68 heavy (non-hydrogen) atoms. The van der Waals surface area contributed by atoms with Gasteiger partial charge in [-0.3, -0.25) is 14.4 Å². The van der Waals surface area contributed by atoms with Crippen molar-refractivity contribution in [2.24, 2.45) is 11.8 Å². The molecule has 404 valence electrons. The van der Waals surface area contributed by atoms with Gasteiger partial charge in [0.2, 0.25) is 0 Å². The lowest BCUT2D eigenvalue weighted by Gasteiger charge is -2.18. The summed E-state index contributed by atoms with van der Waals surface area (Å²) in [6.45, 7) is 11.5. The molecule has 0 aliphatic heterocycles. The molecule has 0 amide bonds. The minimum Gasteiger partial charge on any atom is -0.462 e. The highest BCUT2D eigenvalue weighted by atomic mass is 16.6. The molecule has 6 nitrogen and oxygen atoms in total. The standard InChI is InChI=1S/C62H120O6/c1-6-8-9-10-11-12-13-14-15-16-17-20-23-26-32-37-42-47-52-60(63)66-55-59(56-67-61(64)53-48-43-38-33-29-28-31-36-41-46-51-58(5)7-2)68-62(65)54-49-44-39-34-27-24-21-18-19-22-25-30-35-40-45-50-57(3)4/h57-59H,6-56H2,1-5H3/t58?,59-/m1/s1. The average molecular weight is 962 g/mol. The molecule has 1 unspecified atom stereocenters. The Kier molecular flexibility index (Phi) is 53.5. The summed E-state index contributed by atoms with van der Waals surface area (Å²) in [7, 11) is 0. The summed E-state index contributed by atoms with van der Waals surface area (Å²) >= 11 is 0. The molecule has 0 radical (unpaired) electrons. The summed E-state index contributed by atoms with van der Waals surface area (Å²) in [5, 5.41) is 0. The van der Waals surface area contributed by atoms with E-state index in [2.05, 4.69) is 34.6 Å². The maximum atomic E-state index is 12.9. The molecular weight excluding hydrogens is 841 g/mol. The van der Waals surface area contributed by atoms with Crippen LogP contribution in [0.3, 0.4) is 0 Å². The summed E-state index contributed by atoms with van der Waals surface area (Å²) in [5.41, 5.74) is 0. The Balaban J connectivity index is 4.29. The van der Waals surface area contributed by atoms with Gasteiger partial charge in [-0.2, -0.15) is 0 Å². The van der Waals surface area contributed by atoms with E-state index in [0.29, 0.717) is 19.3 Å². The van der Waals surface area contributed by atoms with Crippen LogP contribution in [0.1, 0.15) is 349 Å². The summed E-state index contributed by atoms with van der Waals surface area (Å²) in [6, 6.07) is 0. The zero-order valence-corrected chi connectivity index (χ0v) is 46.7. The number of carbonyl (C=O) groups excluding carboxylic acids is 3. The number of hydrogen-bond acceptors (Lipinski definition) is 6. The van der Waals surface area contributed by atoms with Gasteiger partial charge in [0.25, 0.3) is 0 Å². The second-order valence-electron chi connectivity index (χ2n) is 22.1. The van der Waals surface area contributed by atoms with Crippen LogP contribution in [0.25, 0.3) is 0 Å². The Hall–Kier alpha value is -1.59. The second-order valence-corrected chi connectivity index (χ2v) is 22.1. The topological polar surface area (TPSA) is 78.9 Å². The van der Waals surface area contributed by atoms with Crippen LogP contribution in [0.15, 0.2) is 0 Å². The minimum atomic E-state index is -0.763. The normalized spacial score (nSPS) is 12.4. The molecule has 0 aromatic heterocycles. The van der Waals surface area contributed by atoms with Crippen molar-refractivity contribution in [2.75, 3.05) is 13.2 Å². The second kappa shape index (κ2) is 54.7. The summed E-state index contributed by atoms with van der Waals surface area (Å²) in [6.07, 6.45) is 59.5. The number of ether oxygens (including phenoxy) is 3. The van der Waals surface area contributed by atoms with Gasteiger partial charge in [-0.1, -0.05) is 311 Å². The Morgan fingerprint density at radius 1 is 0.309 bits per heavy atom. The van der Waals surface area contributed by atoms with Crippen LogP contribution >= 0.6 is 0 Å². The zero-order valence-electron chi connectivity index (χ0n) is 46.7. The number of unbranched alkanes of at least 4 members (excludes halogenated alkanes) is 40. The number of rotatable bonds is 56. The van der Waals surface area contributed by atoms with Gasteiger partial charge in [-0.05, 0) is 31.1 Å². The largest absolute Gasteiger partial charge is 0.462 e. The first-order valence-electron chi connectivity index (χ1n) is 30.8. The van der Waals surface area contributed by atoms with Crippen LogP contribution < -0.4 is 0 Å². The highest BCUT2D eigenvalue weighted by molar-refractivity contribution is 5.71. The first-order valence-corrected chi connectivity index (χ1v) is 30.8. The van der Waals surface area contributed by atoms with Gasteiger partial charge in [-0.25, -0.2) is 0 Å². The van der Waals surface area contributed by atoms with Crippen molar-refractivity contribution >= 4 is 17.9 Å². The van der Waals surface area contributed by atoms with E-state index in [9.17, 15) is 14.4 Å². The quantitative estimate of drug-likeness (QED) is 0.0343. The lowest BCUT2D eigenvalue weighted by Crippen LogP contribution is -2.30. The number of esters is 3. The fourth-order valence-corrected chi connectivity index (χ4v) is 9.55. The Morgan fingerprint density at radius 2 is 0.559 bits per heavy atom. The molecule has 0 rings (SSSR count). The third-order valence-electron chi connectivity index (χ3n) is 14.6. The smallest absolute Gasteiger partial charge is 0.306 e. The van der Waals surface area contributed by atoms with Crippen molar-refractivity contribution < 1.29 is 28.6 Å². The maximum absolute atomic E-state index is 12.9. The molecule has 0 spiro atoms. The lowest BCUT2D eigenvalue weighted by atomic mass is 9.99. The van der Waals surface area contributed by atoms with Crippen molar-refractivity contribution in [3.05, 3.63) is 0 Å². The van der Waals surface area contributed by atoms with E-state index >= 15 is 0 Å². The zero-order chi connectivity index (χ0) is 49.6. The first-order chi connectivity index (χ1) is 33.3. The van der Waals surface area contributed by atoms with Crippen LogP contribution in [-0.4, -0.2) is 37.2 Å². The molecule has 0 aliphatic rings. The Labute approximate surface area is 425 Å². The van der Waals surface area contributed by atoms with Gasteiger partial charge in [0, 0.05) is 19.3 Å². The van der Waals surface area contributed by atoms with Gasteiger partial charge in [-0.15, -0.1) is 0 Å². The highest BCUT2D eigenvalue weighted by Gasteiger charge is 2.19. The molecular formula is C62H120O6. The lowest BCUT2D eigenvalue weighted by molar-refractivity contribution is -0.167. The van der Waals surface area contributed by atoms with E-state index < -0.39 is 6.10 Å². The predicted octanol–water partition coefficient (Wildman–Crippen LogP) is 20.4. The third kappa shape index (κ3) is 53.8. The van der Waals surface area contributed by atoms with Crippen LogP contribution in [0, 0.1) is 11.8 Å². The summed E-state index contributed by atoms with van der Waals surface area (Å²) in [4.78, 5) is 38.2. The highest BCUT2D eigenvalue weighted by Crippen LogP contribution is 2.19. The summed E-state index contributed by atoms with van der Waals surface area (Å²) < 4.78 is 16.9. The van der Waals surface area contributed by atoms with E-state index in [-0.39, 0.29) is 31.1 Å². The average Bonchev–Trinajstić information content (AvgIpc) is 3.32. The van der Waals surface area contributed by atoms with Crippen LogP contribution in [0.5, 0.6) is 0 Å². The van der Waals surface area contributed by atoms with E-state index in [1.807, 2.05) is 0 Å². The number of carbonyl (C=O) groups is 3. The molecule has 0 aromatic carbocycles. The summed E-state index contributed by atoms with van der Waals surface area (Å²) in [5.74, 6) is 0.882. The van der Waals surface area contributed by atoms with Crippen molar-refractivity contribution in [1.82, 2.24) is 0 Å². The Morgan fingerprint density at radius 3 is 0.838 bits per heavy atom. The SMILES string of the molecule is CCCCCCCCCCCCCCCCCCCCC(=O)OC[C@H](COC(=O)CCCCCCCCCCCCC(C)CC)OC(=O)CCCCCCCCCCCCCCCCCC(C)C. The molecule has 0 aromatic rings. The van der Waals surface area contributed by atoms with Crippen molar-refractivity contribution in [3.63, 3.8) is 0 Å². The van der Waals surface area contributed by atoms with Crippen molar-refractivity contribution in [2.45, 2.75) is 355 Å². The monoisotopic (exact) mass is 961 g/mol. The van der Waals surface area contributed by atoms with E-state index in [1.165, 1.54) is 238 Å². The van der Waals surface area contributed by atoms with Gasteiger partial charge < -0.3 is 14.2 Å². The fourth-order valence-electron chi connectivity index (χ4n) is 9.55. The van der Waals surface area contributed by atoms with Crippen LogP contribution in [0.2, 0.25) is 0 Å². The Bertz CT molecular complexity index is 1040. The number of hydrogen-bond donors (Lipinski definition) is 0.